The van der Waals surface area contributed by atoms with Crippen LogP contribution in [0.5, 0.6) is 0 Å². The van der Waals surface area contributed by atoms with Crippen LogP contribution in [0.3, 0.4) is 0 Å². The average Bonchev–Trinajstić information content (AvgIpc) is 3.38. The van der Waals surface area contributed by atoms with Gasteiger partial charge in [-0.15, -0.1) is 0 Å². The van der Waals surface area contributed by atoms with Gasteiger partial charge in [0, 0.05) is 19.1 Å². The molecule has 0 saturated carbocycles. The first-order valence-corrected chi connectivity index (χ1v) is 11.5. The molecule has 33 heavy (non-hydrogen) atoms. The average molecular weight is 446 g/mol. The molecule has 6 heteroatoms. The Morgan fingerprint density at radius 2 is 1.73 bits per heavy atom. The summed E-state index contributed by atoms with van der Waals surface area (Å²) in [7, 11) is 0. The van der Waals surface area contributed by atoms with Crippen molar-refractivity contribution < 1.29 is 14.1 Å². The third-order valence-electron chi connectivity index (χ3n) is 6.39. The zero-order valence-electron chi connectivity index (χ0n) is 19.7. The van der Waals surface area contributed by atoms with Gasteiger partial charge < -0.3 is 14.7 Å². The summed E-state index contributed by atoms with van der Waals surface area (Å²) in [5.41, 5.74) is 3.79. The van der Waals surface area contributed by atoms with Crippen LogP contribution in [0.4, 0.5) is 0 Å². The van der Waals surface area contributed by atoms with E-state index in [4.69, 9.17) is 4.52 Å². The summed E-state index contributed by atoms with van der Waals surface area (Å²) in [4.78, 5) is 28.4. The summed E-state index contributed by atoms with van der Waals surface area (Å²) in [5, 5.41) is 7.01. The van der Waals surface area contributed by atoms with Crippen LogP contribution in [0, 0.1) is 19.3 Å². The Morgan fingerprint density at radius 1 is 1.06 bits per heavy atom. The van der Waals surface area contributed by atoms with Crippen LogP contribution in [-0.2, 0) is 11.2 Å². The molecule has 0 radical (unpaired) electrons. The van der Waals surface area contributed by atoms with Gasteiger partial charge in [-0.1, -0.05) is 59.8 Å². The van der Waals surface area contributed by atoms with Crippen molar-refractivity contribution in [1.29, 1.82) is 0 Å². The lowest BCUT2D eigenvalue weighted by Gasteiger charge is -2.29. The van der Waals surface area contributed by atoms with Crippen molar-refractivity contribution in [3.63, 3.8) is 0 Å². The number of benzene rings is 2. The minimum atomic E-state index is -0.673. The lowest BCUT2D eigenvalue weighted by Crippen LogP contribution is -2.47. The number of carbonyl (C=O) groups is 2. The fourth-order valence-corrected chi connectivity index (χ4v) is 4.65. The largest absolute Gasteiger partial charge is 0.361 e. The molecule has 1 aliphatic rings. The molecular weight excluding hydrogens is 414 g/mol. The molecule has 4 rings (SSSR count). The molecule has 0 bridgehead atoms. The molecule has 6 nitrogen and oxygen atoms in total. The highest BCUT2D eigenvalue weighted by molar-refractivity contribution is 5.97. The van der Waals surface area contributed by atoms with Crippen LogP contribution in [0.1, 0.15) is 47.6 Å². The van der Waals surface area contributed by atoms with Crippen molar-refractivity contribution in [3.8, 4) is 11.1 Å². The topological polar surface area (TPSA) is 75.4 Å². The van der Waals surface area contributed by atoms with E-state index in [1.54, 1.807) is 18.7 Å². The van der Waals surface area contributed by atoms with E-state index in [1.165, 1.54) is 0 Å². The van der Waals surface area contributed by atoms with Gasteiger partial charge in [0.05, 0.1) is 11.1 Å². The second-order valence-electron chi connectivity index (χ2n) is 9.32. The van der Waals surface area contributed by atoms with E-state index in [-0.39, 0.29) is 17.9 Å². The highest BCUT2D eigenvalue weighted by Gasteiger charge is 2.46. The first-order valence-electron chi connectivity index (χ1n) is 11.5. The first-order chi connectivity index (χ1) is 15.8. The van der Waals surface area contributed by atoms with Gasteiger partial charge in [-0.25, -0.2) is 0 Å². The zero-order chi connectivity index (χ0) is 23.6. The Hall–Kier alpha value is -3.41. The number of rotatable bonds is 6. The predicted octanol–water partition coefficient (Wildman–Crippen LogP) is 4.56. The molecule has 1 unspecified atom stereocenters. The number of aryl methyl sites for hydroxylation is 2. The van der Waals surface area contributed by atoms with Gasteiger partial charge >= 0.3 is 0 Å². The van der Waals surface area contributed by atoms with Crippen molar-refractivity contribution in [1.82, 2.24) is 15.4 Å². The number of nitrogens with zero attached hydrogens (tertiary/aromatic N) is 2. The molecule has 1 N–H and O–H groups in total. The van der Waals surface area contributed by atoms with Gasteiger partial charge in [0.2, 0.25) is 5.91 Å². The van der Waals surface area contributed by atoms with E-state index in [0.29, 0.717) is 42.9 Å². The molecule has 3 aromatic rings. The highest BCUT2D eigenvalue weighted by Crippen LogP contribution is 2.36. The second-order valence-corrected chi connectivity index (χ2v) is 9.32. The van der Waals surface area contributed by atoms with E-state index < -0.39 is 5.41 Å². The maximum Gasteiger partial charge on any atom is 0.259 e. The number of aromatic nitrogens is 1. The second kappa shape index (κ2) is 9.22. The number of likely N-dealkylation sites (tertiary alicyclic amines) is 1. The van der Waals surface area contributed by atoms with Crippen LogP contribution in [0.15, 0.2) is 59.1 Å². The van der Waals surface area contributed by atoms with Crippen LogP contribution in [0.2, 0.25) is 0 Å². The maximum absolute atomic E-state index is 13.4. The molecule has 0 spiro atoms. The Morgan fingerprint density at radius 3 is 2.33 bits per heavy atom. The molecule has 1 aromatic heterocycles. The molecule has 1 atom stereocenters. The third kappa shape index (κ3) is 4.70. The molecule has 1 saturated heterocycles. The summed E-state index contributed by atoms with van der Waals surface area (Å²) in [6.07, 6.45) is 1.19. The Labute approximate surface area is 195 Å². The quantitative estimate of drug-likeness (QED) is 0.604. The number of hydrogen-bond donors (Lipinski definition) is 1. The fourth-order valence-electron chi connectivity index (χ4n) is 4.65. The molecule has 2 amide bonds. The molecule has 1 fully saturated rings. The Balaban J connectivity index is 1.58. The van der Waals surface area contributed by atoms with Gasteiger partial charge in [-0.2, -0.15) is 0 Å². The standard InChI is InChI=1S/C27H31N3O3/c1-18(2)28-26(32)27(14-15-30(17-27)25(31)24-19(3)29-33-20(24)4)16-21-10-12-23(13-11-21)22-8-6-5-7-9-22/h5-13,18H,14-17H2,1-4H3,(H,28,32). The van der Waals surface area contributed by atoms with Crippen LogP contribution in [0.25, 0.3) is 11.1 Å². The van der Waals surface area contributed by atoms with Gasteiger partial charge in [0.1, 0.15) is 11.3 Å². The molecule has 0 aliphatic carbocycles. The highest BCUT2D eigenvalue weighted by atomic mass is 16.5. The Kier molecular flexibility index (Phi) is 6.36. The van der Waals surface area contributed by atoms with E-state index in [2.05, 4.69) is 46.9 Å². The van der Waals surface area contributed by atoms with E-state index in [9.17, 15) is 9.59 Å². The van der Waals surface area contributed by atoms with Crippen LogP contribution < -0.4 is 5.32 Å². The summed E-state index contributed by atoms with van der Waals surface area (Å²) in [6, 6.07) is 18.6. The first kappa shape index (κ1) is 22.8. The van der Waals surface area contributed by atoms with E-state index >= 15 is 0 Å². The van der Waals surface area contributed by atoms with E-state index in [0.717, 1.165) is 16.7 Å². The summed E-state index contributed by atoms with van der Waals surface area (Å²) < 4.78 is 5.19. The van der Waals surface area contributed by atoms with Crippen LogP contribution in [-0.4, -0.2) is 41.0 Å². The zero-order valence-corrected chi connectivity index (χ0v) is 19.7. The summed E-state index contributed by atoms with van der Waals surface area (Å²) in [5.74, 6) is 0.390. The minimum absolute atomic E-state index is 0.00121. The number of amides is 2. The molecule has 172 valence electrons. The molecular formula is C27H31N3O3. The van der Waals surface area contributed by atoms with Gasteiger partial charge in [-0.05, 0) is 57.2 Å². The Bertz CT molecular complexity index is 1120. The number of hydrogen-bond acceptors (Lipinski definition) is 4. The third-order valence-corrected chi connectivity index (χ3v) is 6.39. The van der Waals surface area contributed by atoms with Crippen molar-refractivity contribution >= 4 is 11.8 Å². The van der Waals surface area contributed by atoms with Crippen molar-refractivity contribution in [2.75, 3.05) is 13.1 Å². The monoisotopic (exact) mass is 445 g/mol. The SMILES string of the molecule is Cc1noc(C)c1C(=O)N1CCC(Cc2ccc(-c3ccccc3)cc2)(C(=O)NC(C)C)C1. The van der Waals surface area contributed by atoms with Crippen molar-refractivity contribution in [3.05, 3.63) is 77.2 Å². The molecule has 2 heterocycles. The smallest absolute Gasteiger partial charge is 0.259 e. The van der Waals surface area contributed by atoms with Crippen LogP contribution >= 0.6 is 0 Å². The predicted molar refractivity (Wildman–Crippen MR) is 128 cm³/mol. The summed E-state index contributed by atoms with van der Waals surface area (Å²) in [6.45, 7) is 8.33. The minimum Gasteiger partial charge on any atom is -0.361 e. The molecule has 1 aliphatic heterocycles. The number of carbonyl (C=O) groups excluding carboxylic acids is 2. The maximum atomic E-state index is 13.4. The van der Waals surface area contributed by atoms with Gasteiger partial charge in [-0.3, -0.25) is 9.59 Å². The molecule has 2 aromatic carbocycles. The summed E-state index contributed by atoms with van der Waals surface area (Å²) >= 11 is 0. The lowest BCUT2D eigenvalue weighted by atomic mass is 9.79. The number of nitrogens with one attached hydrogen (secondary N) is 1. The van der Waals surface area contributed by atoms with E-state index in [1.807, 2.05) is 32.0 Å². The van der Waals surface area contributed by atoms with Gasteiger partial charge in [0.25, 0.3) is 5.91 Å². The van der Waals surface area contributed by atoms with Crippen molar-refractivity contribution in [2.24, 2.45) is 5.41 Å². The van der Waals surface area contributed by atoms with Gasteiger partial charge in [0.15, 0.2) is 0 Å². The fraction of sp³-hybridized carbons (Fsp3) is 0.370. The van der Waals surface area contributed by atoms with Crippen molar-refractivity contribution in [2.45, 2.75) is 46.6 Å². The lowest BCUT2D eigenvalue weighted by molar-refractivity contribution is -0.130. The normalized spacial score (nSPS) is 18.0.